The molecule has 1 aromatic carbocycles. The number of hydrogen-bond donors (Lipinski definition) is 1. The molecule has 0 unspecified atom stereocenters. The molecule has 1 fully saturated rings. The number of imidazole rings is 1. The smallest absolute Gasteiger partial charge is 0.345 e. The lowest BCUT2D eigenvalue weighted by molar-refractivity contribution is 0.563. The van der Waals surface area contributed by atoms with Crippen LogP contribution in [-0.4, -0.2) is 35.6 Å². The van der Waals surface area contributed by atoms with E-state index in [1.165, 1.54) is 6.07 Å². The normalized spacial score (nSPS) is 15.2. The summed E-state index contributed by atoms with van der Waals surface area (Å²) in [6, 6.07) is 10.6. The molecule has 0 atom stereocenters. The number of anilines is 1. The zero-order valence-electron chi connectivity index (χ0n) is 15.2. The molecular formula is C21H19FN4O2. The second-order valence-electron chi connectivity index (χ2n) is 6.97. The van der Waals surface area contributed by atoms with Crippen molar-refractivity contribution in [1.82, 2.24) is 14.7 Å². The Morgan fingerprint density at radius 3 is 2.96 bits per heavy atom. The summed E-state index contributed by atoms with van der Waals surface area (Å²) in [5, 5.41) is 4.19. The first-order chi connectivity index (χ1) is 13.7. The van der Waals surface area contributed by atoms with E-state index in [4.69, 9.17) is 4.42 Å². The van der Waals surface area contributed by atoms with Crippen LogP contribution in [0.2, 0.25) is 0 Å². The SMILES string of the molecule is O=c1oc2cc(N3CCCNCC3)ccc2cc1-c1cn2cccc(F)c2n1. The number of nitrogens with one attached hydrogen (secondary N) is 1. The van der Waals surface area contributed by atoms with Crippen molar-refractivity contribution in [2.45, 2.75) is 6.42 Å². The Morgan fingerprint density at radius 2 is 2.07 bits per heavy atom. The van der Waals surface area contributed by atoms with Crippen LogP contribution in [0.3, 0.4) is 0 Å². The van der Waals surface area contributed by atoms with Gasteiger partial charge in [-0.3, -0.25) is 0 Å². The molecule has 6 nitrogen and oxygen atoms in total. The van der Waals surface area contributed by atoms with Crippen LogP contribution in [0.15, 0.2) is 58.0 Å². The summed E-state index contributed by atoms with van der Waals surface area (Å²) in [6.07, 6.45) is 4.40. The lowest BCUT2D eigenvalue weighted by Crippen LogP contribution is -2.27. The monoisotopic (exact) mass is 378 g/mol. The van der Waals surface area contributed by atoms with Gasteiger partial charge in [-0.05, 0) is 43.3 Å². The molecule has 142 valence electrons. The summed E-state index contributed by atoms with van der Waals surface area (Å²) in [4.78, 5) is 19.2. The second-order valence-corrected chi connectivity index (χ2v) is 6.97. The molecule has 0 spiro atoms. The fourth-order valence-electron chi connectivity index (χ4n) is 3.69. The van der Waals surface area contributed by atoms with Gasteiger partial charge in [0.1, 0.15) is 5.58 Å². The van der Waals surface area contributed by atoms with Gasteiger partial charge in [-0.2, -0.15) is 0 Å². The highest BCUT2D eigenvalue weighted by atomic mass is 19.1. The molecule has 1 aliphatic rings. The minimum atomic E-state index is -0.481. The van der Waals surface area contributed by atoms with E-state index in [-0.39, 0.29) is 5.65 Å². The van der Waals surface area contributed by atoms with Crippen LogP contribution >= 0.6 is 0 Å². The van der Waals surface area contributed by atoms with E-state index < -0.39 is 11.4 Å². The van der Waals surface area contributed by atoms with Crippen molar-refractivity contribution in [3.05, 3.63) is 65.0 Å². The second kappa shape index (κ2) is 6.76. The van der Waals surface area contributed by atoms with Crippen LogP contribution in [0.5, 0.6) is 0 Å². The van der Waals surface area contributed by atoms with E-state index >= 15 is 0 Å². The maximum atomic E-state index is 13.9. The highest BCUT2D eigenvalue weighted by Crippen LogP contribution is 2.26. The Hall–Kier alpha value is -3.19. The first kappa shape index (κ1) is 16.9. The average Bonchev–Trinajstić information content (AvgIpc) is 2.95. The molecule has 28 heavy (non-hydrogen) atoms. The lowest BCUT2D eigenvalue weighted by Gasteiger charge is -2.22. The zero-order valence-corrected chi connectivity index (χ0v) is 15.2. The van der Waals surface area contributed by atoms with Crippen LogP contribution in [0.1, 0.15) is 6.42 Å². The van der Waals surface area contributed by atoms with Gasteiger partial charge < -0.3 is 19.0 Å². The molecule has 0 bridgehead atoms. The largest absolute Gasteiger partial charge is 0.422 e. The summed E-state index contributed by atoms with van der Waals surface area (Å²) in [5.41, 5.74) is 2.00. The van der Waals surface area contributed by atoms with Crippen molar-refractivity contribution in [3.63, 3.8) is 0 Å². The number of pyridine rings is 1. The van der Waals surface area contributed by atoms with Gasteiger partial charge in [0.25, 0.3) is 0 Å². The molecule has 0 aliphatic carbocycles. The Labute approximate surface area is 160 Å². The highest BCUT2D eigenvalue weighted by molar-refractivity contribution is 5.84. The number of aromatic nitrogens is 2. The predicted octanol–water partition coefficient (Wildman–Crippen LogP) is 3.05. The minimum Gasteiger partial charge on any atom is -0.422 e. The first-order valence-electron chi connectivity index (χ1n) is 9.36. The van der Waals surface area contributed by atoms with Gasteiger partial charge in [0, 0.05) is 49.2 Å². The van der Waals surface area contributed by atoms with E-state index in [0.717, 1.165) is 43.7 Å². The molecule has 4 heterocycles. The van der Waals surface area contributed by atoms with Crippen molar-refractivity contribution in [1.29, 1.82) is 0 Å². The lowest BCUT2D eigenvalue weighted by atomic mass is 10.1. The van der Waals surface area contributed by atoms with Gasteiger partial charge in [-0.1, -0.05) is 0 Å². The van der Waals surface area contributed by atoms with Gasteiger partial charge in [0.05, 0.1) is 11.3 Å². The summed E-state index contributed by atoms with van der Waals surface area (Å²) >= 11 is 0. The Balaban J connectivity index is 1.57. The number of halogens is 1. The molecule has 4 aromatic rings. The zero-order chi connectivity index (χ0) is 19.1. The standard InChI is InChI=1S/C21H19FN4O2/c22-17-3-1-8-26-13-18(24-20(17)26)16-11-14-4-5-15(12-19(14)28-21(16)27)25-9-2-6-23-7-10-25/h1,3-5,8,11-13,23H,2,6-7,9-10H2. The molecule has 0 saturated carbocycles. The van der Waals surface area contributed by atoms with E-state index in [1.807, 2.05) is 18.2 Å². The molecule has 1 N–H and O–H groups in total. The van der Waals surface area contributed by atoms with Crippen molar-refractivity contribution in [2.75, 3.05) is 31.1 Å². The predicted molar refractivity (Wildman–Crippen MR) is 106 cm³/mol. The molecule has 5 rings (SSSR count). The number of hydrogen-bond acceptors (Lipinski definition) is 5. The van der Waals surface area contributed by atoms with Crippen molar-refractivity contribution in [2.24, 2.45) is 0 Å². The number of fused-ring (bicyclic) bond motifs is 2. The molecule has 3 aromatic heterocycles. The maximum Gasteiger partial charge on any atom is 0.345 e. The van der Waals surface area contributed by atoms with Crippen LogP contribution in [0, 0.1) is 5.82 Å². The van der Waals surface area contributed by atoms with Gasteiger partial charge in [-0.25, -0.2) is 14.2 Å². The van der Waals surface area contributed by atoms with Gasteiger partial charge >= 0.3 is 5.63 Å². The fourth-order valence-corrected chi connectivity index (χ4v) is 3.69. The Bertz CT molecular complexity index is 1220. The molecular weight excluding hydrogens is 359 g/mol. The first-order valence-corrected chi connectivity index (χ1v) is 9.36. The topological polar surface area (TPSA) is 62.8 Å². The molecule has 0 amide bonds. The molecule has 0 radical (unpaired) electrons. The molecule has 7 heteroatoms. The summed E-state index contributed by atoms with van der Waals surface area (Å²) < 4.78 is 21.1. The van der Waals surface area contributed by atoms with Crippen molar-refractivity contribution >= 4 is 22.3 Å². The van der Waals surface area contributed by atoms with Crippen molar-refractivity contribution in [3.8, 4) is 11.3 Å². The third-order valence-corrected chi connectivity index (χ3v) is 5.14. The maximum absolute atomic E-state index is 13.9. The van der Waals surface area contributed by atoms with Crippen LogP contribution in [-0.2, 0) is 0 Å². The van der Waals surface area contributed by atoms with Crippen molar-refractivity contribution < 1.29 is 8.81 Å². The number of nitrogens with zero attached hydrogens (tertiary/aromatic N) is 3. The Kier molecular flexibility index (Phi) is 4.09. The summed E-state index contributed by atoms with van der Waals surface area (Å²) in [6.45, 7) is 3.84. The highest BCUT2D eigenvalue weighted by Gasteiger charge is 2.15. The van der Waals surface area contributed by atoms with Gasteiger partial charge in [-0.15, -0.1) is 0 Å². The van der Waals surface area contributed by atoms with Gasteiger partial charge in [0.2, 0.25) is 0 Å². The number of rotatable bonds is 2. The third kappa shape index (κ3) is 2.93. The molecule has 1 aliphatic heterocycles. The van der Waals surface area contributed by atoms with Crippen LogP contribution < -0.4 is 15.8 Å². The quantitative estimate of drug-likeness (QED) is 0.543. The van der Waals surface area contributed by atoms with E-state index in [0.29, 0.717) is 16.8 Å². The number of benzene rings is 1. The minimum absolute atomic E-state index is 0.183. The molecule has 1 saturated heterocycles. The van der Waals surface area contributed by atoms with Crippen LogP contribution in [0.25, 0.3) is 27.9 Å². The summed E-state index contributed by atoms with van der Waals surface area (Å²) in [7, 11) is 0. The fraction of sp³-hybridized carbons (Fsp3) is 0.238. The van der Waals surface area contributed by atoms with E-state index in [9.17, 15) is 9.18 Å². The third-order valence-electron chi connectivity index (χ3n) is 5.14. The summed E-state index contributed by atoms with van der Waals surface area (Å²) in [5.74, 6) is -0.435. The van der Waals surface area contributed by atoms with E-state index in [1.54, 1.807) is 28.9 Å². The van der Waals surface area contributed by atoms with Gasteiger partial charge in [0.15, 0.2) is 11.5 Å². The average molecular weight is 378 g/mol. The van der Waals surface area contributed by atoms with E-state index in [2.05, 4.69) is 15.2 Å². The Morgan fingerprint density at radius 1 is 1.14 bits per heavy atom. The van der Waals surface area contributed by atoms with Crippen LogP contribution in [0.4, 0.5) is 10.1 Å².